The lowest BCUT2D eigenvalue weighted by Gasteiger charge is -2.22. The maximum Gasteiger partial charge on any atom is 0.337 e. The van der Waals surface area contributed by atoms with E-state index in [1.165, 1.54) is 24.1 Å². The summed E-state index contributed by atoms with van der Waals surface area (Å²) in [7, 11) is 1.39. The first-order valence-corrected chi connectivity index (χ1v) is 7.48. The molecule has 1 amide bonds. The van der Waals surface area contributed by atoms with Gasteiger partial charge in [-0.3, -0.25) is 4.79 Å². The Balaban J connectivity index is 2.32. The molecular formula is C15H18ClNO6. The van der Waals surface area contributed by atoms with Gasteiger partial charge >= 0.3 is 5.97 Å². The molecule has 1 aliphatic rings. The van der Waals surface area contributed by atoms with Crippen LogP contribution in [0, 0.1) is 0 Å². The summed E-state index contributed by atoms with van der Waals surface area (Å²) in [5.74, 6) is -1.35. The Morgan fingerprint density at radius 2 is 1.70 bits per heavy atom. The van der Waals surface area contributed by atoms with Crippen molar-refractivity contribution in [2.75, 3.05) is 46.6 Å². The molecule has 1 N–H and O–H groups in total. The molecule has 0 saturated carbocycles. The average molecular weight is 344 g/mol. The van der Waals surface area contributed by atoms with Crippen LogP contribution in [0.25, 0.3) is 0 Å². The van der Waals surface area contributed by atoms with E-state index in [1.807, 2.05) is 0 Å². The van der Waals surface area contributed by atoms with Crippen LogP contribution in [0.4, 0.5) is 0 Å². The molecule has 0 radical (unpaired) electrons. The third-order valence-corrected chi connectivity index (χ3v) is 3.82. The monoisotopic (exact) mass is 343 g/mol. The van der Waals surface area contributed by atoms with E-state index < -0.39 is 5.97 Å². The van der Waals surface area contributed by atoms with Crippen molar-refractivity contribution >= 4 is 23.5 Å². The summed E-state index contributed by atoms with van der Waals surface area (Å²) in [6.07, 6.45) is 0. The number of carboxylic acid groups (broad SMARTS) is 1. The number of benzene rings is 1. The van der Waals surface area contributed by atoms with Crippen LogP contribution in [0.15, 0.2) is 12.1 Å². The van der Waals surface area contributed by atoms with Gasteiger partial charge in [0.1, 0.15) is 5.75 Å². The highest BCUT2D eigenvalue weighted by Crippen LogP contribution is 2.28. The third kappa shape index (κ3) is 4.34. The van der Waals surface area contributed by atoms with E-state index in [4.69, 9.17) is 25.8 Å². The molecule has 0 aromatic heterocycles. The number of amides is 1. The van der Waals surface area contributed by atoms with Crippen molar-refractivity contribution in [1.82, 2.24) is 4.90 Å². The van der Waals surface area contributed by atoms with Crippen LogP contribution in [-0.4, -0.2) is 68.5 Å². The fourth-order valence-corrected chi connectivity index (χ4v) is 2.45. The summed E-state index contributed by atoms with van der Waals surface area (Å²) in [5.41, 5.74) is -0.0891. The Kier molecular flexibility index (Phi) is 6.20. The molecule has 0 atom stereocenters. The molecule has 7 nitrogen and oxygen atoms in total. The Morgan fingerprint density at radius 1 is 1.13 bits per heavy atom. The van der Waals surface area contributed by atoms with Gasteiger partial charge in [0.2, 0.25) is 0 Å². The zero-order valence-electron chi connectivity index (χ0n) is 12.7. The van der Waals surface area contributed by atoms with Crippen LogP contribution < -0.4 is 4.74 Å². The van der Waals surface area contributed by atoms with Crippen molar-refractivity contribution in [3.63, 3.8) is 0 Å². The van der Waals surface area contributed by atoms with Gasteiger partial charge in [0.25, 0.3) is 5.91 Å². The summed E-state index contributed by atoms with van der Waals surface area (Å²) in [6, 6.07) is 2.72. The first kappa shape index (κ1) is 17.5. The van der Waals surface area contributed by atoms with Gasteiger partial charge in [0, 0.05) is 13.1 Å². The lowest BCUT2D eigenvalue weighted by atomic mass is 10.1. The number of carbonyl (C=O) groups is 2. The minimum atomic E-state index is -1.22. The van der Waals surface area contributed by atoms with Gasteiger partial charge in [-0.05, 0) is 12.1 Å². The number of aromatic carboxylic acids is 1. The lowest BCUT2D eigenvalue weighted by Crippen LogP contribution is -2.36. The molecular weight excluding hydrogens is 326 g/mol. The summed E-state index contributed by atoms with van der Waals surface area (Å²) >= 11 is 6.11. The number of ether oxygens (including phenoxy) is 3. The van der Waals surface area contributed by atoms with Crippen molar-refractivity contribution < 1.29 is 28.9 Å². The molecule has 1 aliphatic heterocycles. The molecule has 2 rings (SSSR count). The lowest BCUT2D eigenvalue weighted by molar-refractivity contribution is 0.0629. The van der Waals surface area contributed by atoms with Crippen LogP contribution >= 0.6 is 11.6 Å². The Morgan fingerprint density at radius 3 is 2.22 bits per heavy atom. The van der Waals surface area contributed by atoms with E-state index in [0.29, 0.717) is 39.5 Å². The van der Waals surface area contributed by atoms with Gasteiger partial charge in [0.15, 0.2) is 0 Å². The second kappa shape index (κ2) is 8.14. The van der Waals surface area contributed by atoms with Gasteiger partial charge in [-0.15, -0.1) is 0 Å². The number of rotatable bonds is 3. The molecule has 1 aromatic carbocycles. The Labute approximate surface area is 138 Å². The topological polar surface area (TPSA) is 85.3 Å². The molecule has 0 bridgehead atoms. The van der Waals surface area contributed by atoms with Crippen molar-refractivity contribution in [2.24, 2.45) is 0 Å². The van der Waals surface area contributed by atoms with Gasteiger partial charge in [-0.2, -0.15) is 0 Å². The summed E-state index contributed by atoms with van der Waals surface area (Å²) in [6.45, 7) is 2.46. The molecule has 23 heavy (non-hydrogen) atoms. The minimum Gasteiger partial charge on any atom is -0.497 e. The molecule has 1 saturated heterocycles. The predicted octanol–water partition coefficient (Wildman–Crippen LogP) is 1.54. The highest BCUT2D eigenvalue weighted by molar-refractivity contribution is 6.36. The van der Waals surface area contributed by atoms with Gasteiger partial charge in [-0.25, -0.2) is 4.79 Å². The van der Waals surface area contributed by atoms with E-state index in [0.717, 1.165) is 0 Å². The van der Waals surface area contributed by atoms with E-state index in [1.54, 1.807) is 0 Å². The van der Waals surface area contributed by atoms with E-state index in [9.17, 15) is 14.7 Å². The molecule has 0 aliphatic carbocycles. The van der Waals surface area contributed by atoms with E-state index in [-0.39, 0.29) is 27.8 Å². The maximum atomic E-state index is 12.7. The number of methoxy groups -OCH3 is 1. The molecule has 1 heterocycles. The first-order chi connectivity index (χ1) is 11.0. The van der Waals surface area contributed by atoms with Crippen LogP contribution in [-0.2, 0) is 9.47 Å². The second-order valence-corrected chi connectivity index (χ2v) is 5.24. The summed E-state index contributed by atoms with van der Waals surface area (Å²) < 4.78 is 15.7. The molecule has 1 fully saturated rings. The first-order valence-electron chi connectivity index (χ1n) is 7.10. The number of hydrogen-bond donors (Lipinski definition) is 1. The van der Waals surface area contributed by atoms with Gasteiger partial charge in [-0.1, -0.05) is 11.6 Å². The van der Waals surface area contributed by atoms with Gasteiger partial charge in [0.05, 0.1) is 49.7 Å². The zero-order valence-corrected chi connectivity index (χ0v) is 13.5. The molecule has 0 unspecified atom stereocenters. The van der Waals surface area contributed by atoms with Crippen LogP contribution in [0.1, 0.15) is 20.7 Å². The normalized spacial score (nSPS) is 16.2. The standard InChI is InChI=1S/C15H18ClNO6/c1-21-10-8-11(13(16)12(9-10)15(19)20)14(18)17-2-4-22-6-7-23-5-3-17/h8-9H,2-7H2,1H3,(H,19,20). The van der Waals surface area contributed by atoms with Crippen molar-refractivity contribution in [3.8, 4) is 5.75 Å². The third-order valence-electron chi connectivity index (χ3n) is 3.41. The minimum absolute atomic E-state index is 0.0858. The van der Waals surface area contributed by atoms with Crippen LogP contribution in [0.3, 0.4) is 0 Å². The zero-order chi connectivity index (χ0) is 16.8. The number of carboxylic acids is 1. The number of carbonyl (C=O) groups excluding carboxylic acids is 1. The second-order valence-electron chi connectivity index (χ2n) is 4.86. The average Bonchev–Trinajstić information content (AvgIpc) is 2.68. The number of hydrogen-bond acceptors (Lipinski definition) is 5. The van der Waals surface area contributed by atoms with E-state index >= 15 is 0 Å². The molecule has 126 valence electrons. The quantitative estimate of drug-likeness (QED) is 0.896. The largest absolute Gasteiger partial charge is 0.497 e. The number of nitrogens with zero attached hydrogens (tertiary/aromatic N) is 1. The Bertz CT molecular complexity index is 582. The number of halogens is 1. The highest BCUT2D eigenvalue weighted by atomic mass is 35.5. The molecule has 0 spiro atoms. The van der Waals surface area contributed by atoms with Crippen molar-refractivity contribution in [3.05, 3.63) is 28.3 Å². The van der Waals surface area contributed by atoms with Crippen LogP contribution in [0.2, 0.25) is 5.02 Å². The molecule has 8 heteroatoms. The molecule has 1 aromatic rings. The highest BCUT2D eigenvalue weighted by Gasteiger charge is 2.24. The van der Waals surface area contributed by atoms with Crippen molar-refractivity contribution in [1.29, 1.82) is 0 Å². The van der Waals surface area contributed by atoms with E-state index in [2.05, 4.69) is 0 Å². The smallest absolute Gasteiger partial charge is 0.337 e. The fourth-order valence-electron chi connectivity index (χ4n) is 2.18. The maximum absolute atomic E-state index is 12.7. The van der Waals surface area contributed by atoms with Gasteiger partial charge < -0.3 is 24.2 Å². The van der Waals surface area contributed by atoms with Crippen molar-refractivity contribution in [2.45, 2.75) is 0 Å². The summed E-state index contributed by atoms with van der Waals surface area (Å²) in [4.78, 5) is 25.5. The predicted molar refractivity (Wildman–Crippen MR) is 82.5 cm³/mol. The summed E-state index contributed by atoms with van der Waals surface area (Å²) in [5, 5.41) is 9.11. The fraction of sp³-hybridized carbons (Fsp3) is 0.467. The van der Waals surface area contributed by atoms with Crippen LogP contribution in [0.5, 0.6) is 5.75 Å². The SMILES string of the molecule is COc1cc(C(=O)O)c(Cl)c(C(=O)N2CCOCCOCC2)c1. The Hall–Kier alpha value is -1.83.